The van der Waals surface area contributed by atoms with Crippen molar-refractivity contribution in [3.63, 3.8) is 0 Å². The van der Waals surface area contributed by atoms with Crippen molar-refractivity contribution in [1.82, 2.24) is 10.3 Å². The van der Waals surface area contributed by atoms with Crippen LogP contribution < -0.4 is 14.8 Å². The molecule has 0 aliphatic carbocycles. The van der Waals surface area contributed by atoms with Crippen molar-refractivity contribution in [1.29, 1.82) is 0 Å². The third-order valence-electron chi connectivity index (χ3n) is 3.59. The van der Waals surface area contributed by atoms with Gasteiger partial charge in [-0.25, -0.2) is 4.98 Å². The number of nitrogens with zero attached hydrogens (tertiary/aromatic N) is 1. The van der Waals surface area contributed by atoms with Crippen LogP contribution in [0, 0.1) is 0 Å². The van der Waals surface area contributed by atoms with Gasteiger partial charge in [-0.2, -0.15) is 0 Å². The molecule has 0 saturated carbocycles. The van der Waals surface area contributed by atoms with Gasteiger partial charge in [0.2, 0.25) is 12.7 Å². The highest BCUT2D eigenvalue weighted by molar-refractivity contribution is 7.19. The summed E-state index contributed by atoms with van der Waals surface area (Å²) in [5.41, 5.74) is 1.91. The topological polar surface area (TPSA) is 60.5 Å². The molecule has 0 fully saturated rings. The van der Waals surface area contributed by atoms with Crippen molar-refractivity contribution >= 4 is 33.5 Å². The fourth-order valence-electron chi connectivity index (χ4n) is 2.41. The molecule has 24 heavy (non-hydrogen) atoms. The molecule has 2 heterocycles. The summed E-state index contributed by atoms with van der Waals surface area (Å²) in [5, 5.41) is 3.66. The van der Waals surface area contributed by atoms with Gasteiger partial charge in [0.15, 0.2) is 11.5 Å². The number of para-hydroxylation sites is 1. The molecule has 0 saturated heterocycles. The Morgan fingerprint density at radius 1 is 1.21 bits per heavy atom. The van der Waals surface area contributed by atoms with Gasteiger partial charge in [0.25, 0.3) is 0 Å². The van der Waals surface area contributed by atoms with E-state index in [4.69, 9.17) is 9.47 Å². The molecular formula is C18H14N2O3S. The zero-order chi connectivity index (χ0) is 16.4. The van der Waals surface area contributed by atoms with Crippen LogP contribution in [0.4, 0.5) is 0 Å². The summed E-state index contributed by atoms with van der Waals surface area (Å²) in [5.74, 6) is 1.29. The molecule has 1 aromatic heterocycles. The van der Waals surface area contributed by atoms with E-state index in [1.165, 1.54) is 6.08 Å². The molecule has 5 nitrogen and oxygen atoms in total. The third-order valence-corrected chi connectivity index (χ3v) is 4.59. The SMILES string of the molecule is O=C(/C=C/c1nc2ccccc2s1)NCc1ccc2c(c1)OCO2. The molecule has 1 aliphatic rings. The molecule has 0 unspecified atom stereocenters. The maximum atomic E-state index is 12.0. The minimum Gasteiger partial charge on any atom is -0.454 e. The Kier molecular flexibility index (Phi) is 3.88. The van der Waals surface area contributed by atoms with E-state index in [1.807, 2.05) is 42.5 Å². The second-order valence-corrected chi connectivity index (χ2v) is 6.32. The molecule has 4 rings (SSSR count). The fraction of sp³-hybridized carbons (Fsp3) is 0.111. The van der Waals surface area contributed by atoms with Crippen LogP contribution in [-0.4, -0.2) is 17.7 Å². The number of carbonyl (C=O) groups is 1. The Hall–Kier alpha value is -2.86. The van der Waals surface area contributed by atoms with Crippen molar-refractivity contribution in [2.45, 2.75) is 6.54 Å². The smallest absolute Gasteiger partial charge is 0.244 e. The molecule has 120 valence electrons. The van der Waals surface area contributed by atoms with Gasteiger partial charge in [-0.3, -0.25) is 4.79 Å². The molecule has 3 aromatic rings. The Morgan fingerprint density at radius 2 is 2.08 bits per heavy atom. The van der Waals surface area contributed by atoms with Crippen molar-refractivity contribution in [3.05, 3.63) is 59.1 Å². The number of carbonyl (C=O) groups excluding carboxylic acids is 1. The Labute approximate surface area is 142 Å². The number of amides is 1. The van der Waals surface area contributed by atoms with Crippen LogP contribution in [0.15, 0.2) is 48.5 Å². The van der Waals surface area contributed by atoms with Crippen LogP contribution >= 0.6 is 11.3 Å². The summed E-state index contributed by atoms with van der Waals surface area (Å²) in [4.78, 5) is 16.4. The van der Waals surface area contributed by atoms with Crippen LogP contribution in [0.25, 0.3) is 16.3 Å². The molecule has 0 spiro atoms. The lowest BCUT2D eigenvalue weighted by Crippen LogP contribution is -2.20. The largest absolute Gasteiger partial charge is 0.454 e. The van der Waals surface area contributed by atoms with Crippen LogP contribution in [0.3, 0.4) is 0 Å². The Bertz CT molecular complexity index is 900. The molecule has 2 aromatic carbocycles. The van der Waals surface area contributed by atoms with Gasteiger partial charge in [-0.05, 0) is 35.9 Å². The Balaban J connectivity index is 1.37. The monoisotopic (exact) mass is 338 g/mol. The summed E-state index contributed by atoms with van der Waals surface area (Å²) in [6.45, 7) is 0.676. The first kappa shape index (κ1) is 14.7. The van der Waals surface area contributed by atoms with Gasteiger partial charge in [-0.1, -0.05) is 18.2 Å². The highest BCUT2D eigenvalue weighted by atomic mass is 32.1. The minimum absolute atomic E-state index is 0.160. The summed E-state index contributed by atoms with van der Waals surface area (Å²) in [6, 6.07) is 13.5. The van der Waals surface area contributed by atoms with Crippen LogP contribution in [0.5, 0.6) is 11.5 Å². The number of aromatic nitrogens is 1. The maximum Gasteiger partial charge on any atom is 0.244 e. The van der Waals surface area contributed by atoms with Crippen LogP contribution in [-0.2, 0) is 11.3 Å². The summed E-state index contributed by atoms with van der Waals surface area (Å²) in [6.07, 6.45) is 3.24. The van der Waals surface area contributed by atoms with Gasteiger partial charge < -0.3 is 14.8 Å². The summed E-state index contributed by atoms with van der Waals surface area (Å²) in [7, 11) is 0. The quantitative estimate of drug-likeness (QED) is 0.741. The van der Waals surface area contributed by atoms with Gasteiger partial charge in [-0.15, -0.1) is 11.3 Å². The average Bonchev–Trinajstić information content (AvgIpc) is 3.23. The number of fused-ring (bicyclic) bond motifs is 2. The second kappa shape index (κ2) is 6.33. The number of thiazole rings is 1. The number of hydrogen-bond acceptors (Lipinski definition) is 5. The highest BCUT2D eigenvalue weighted by Crippen LogP contribution is 2.32. The van der Waals surface area contributed by atoms with E-state index in [-0.39, 0.29) is 12.7 Å². The van der Waals surface area contributed by atoms with Gasteiger partial charge in [0.05, 0.1) is 10.2 Å². The lowest BCUT2D eigenvalue weighted by molar-refractivity contribution is -0.116. The first-order valence-electron chi connectivity index (χ1n) is 7.48. The molecular weight excluding hydrogens is 324 g/mol. The van der Waals surface area contributed by atoms with Gasteiger partial charge in [0, 0.05) is 12.6 Å². The van der Waals surface area contributed by atoms with E-state index in [9.17, 15) is 4.79 Å². The zero-order valence-corrected chi connectivity index (χ0v) is 13.5. The number of benzene rings is 2. The van der Waals surface area contributed by atoms with E-state index < -0.39 is 0 Å². The normalized spacial score (nSPS) is 12.8. The minimum atomic E-state index is -0.160. The molecule has 0 atom stereocenters. The molecule has 0 radical (unpaired) electrons. The molecule has 1 N–H and O–H groups in total. The molecule has 0 bridgehead atoms. The predicted octanol–water partition coefficient (Wildman–Crippen LogP) is 3.35. The lowest BCUT2D eigenvalue weighted by atomic mass is 10.2. The fourth-order valence-corrected chi connectivity index (χ4v) is 3.28. The standard InChI is InChI=1S/C18H14N2O3S/c21-17(7-8-18-20-13-3-1-2-4-16(13)24-18)19-10-12-5-6-14-15(9-12)23-11-22-14/h1-9H,10-11H2,(H,19,21)/b8-7+. The lowest BCUT2D eigenvalue weighted by Gasteiger charge is -2.03. The summed E-state index contributed by atoms with van der Waals surface area (Å²) < 4.78 is 11.7. The Morgan fingerprint density at radius 3 is 3.00 bits per heavy atom. The predicted molar refractivity (Wildman–Crippen MR) is 93.1 cm³/mol. The first-order valence-corrected chi connectivity index (χ1v) is 8.29. The van der Waals surface area contributed by atoms with Crippen molar-refractivity contribution < 1.29 is 14.3 Å². The third kappa shape index (κ3) is 3.09. The molecule has 1 aliphatic heterocycles. The summed E-state index contributed by atoms with van der Waals surface area (Å²) >= 11 is 1.56. The van der Waals surface area contributed by atoms with E-state index in [0.29, 0.717) is 12.3 Å². The maximum absolute atomic E-state index is 12.0. The van der Waals surface area contributed by atoms with Gasteiger partial charge >= 0.3 is 0 Å². The van der Waals surface area contributed by atoms with Crippen molar-refractivity contribution in [2.24, 2.45) is 0 Å². The number of hydrogen-bond donors (Lipinski definition) is 1. The first-order chi connectivity index (χ1) is 11.8. The second-order valence-electron chi connectivity index (χ2n) is 5.26. The van der Waals surface area contributed by atoms with Crippen LogP contribution in [0.1, 0.15) is 10.6 Å². The van der Waals surface area contributed by atoms with Gasteiger partial charge in [0.1, 0.15) is 5.01 Å². The van der Waals surface area contributed by atoms with Crippen molar-refractivity contribution in [2.75, 3.05) is 6.79 Å². The van der Waals surface area contributed by atoms with Crippen molar-refractivity contribution in [3.8, 4) is 11.5 Å². The number of ether oxygens (including phenoxy) is 2. The molecule has 1 amide bonds. The zero-order valence-electron chi connectivity index (χ0n) is 12.7. The van der Waals surface area contributed by atoms with E-state index in [1.54, 1.807) is 17.4 Å². The molecule has 6 heteroatoms. The van der Waals surface area contributed by atoms with Crippen LogP contribution in [0.2, 0.25) is 0 Å². The highest BCUT2D eigenvalue weighted by Gasteiger charge is 2.13. The van der Waals surface area contributed by atoms with E-state index in [2.05, 4.69) is 10.3 Å². The van der Waals surface area contributed by atoms with E-state index >= 15 is 0 Å². The van der Waals surface area contributed by atoms with E-state index in [0.717, 1.165) is 26.5 Å². The number of nitrogens with one attached hydrogen (secondary N) is 1. The number of rotatable bonds is 4. The average molecular weight is 338 g/mol.